The van der Waals surface area contributed by atoms with Crippen LogP contribution in [0.5, 0.6) is 11.6 Å². The van der Waals surface area contributed by atoms with Crippen LogP contribution in [-0.4, -0.2) is 22.3 Å². The number of fused-ring (bicyclic) bond motifs is 1. The van der Waals surface area contributed by atoms with E-state index >= 15 is 0 Å². The van der Waals surface area contributed by atoms with Crippen molar-refractivity contribution in [3.63, 3.8) is 0 Å². The quantitative estimate of drug-likeness (QED) is 0.645. The highest BCUT2D eigenvalue weighted by Crippen LogP contribution is 2.39. The minimum absolute atomic E-state index is 0.227. The van der Waals surface area contributed by atoms with Crippen LogP contribution in [0.25, 0.3) is 11.0 Å². The summed E-state index contributed by atoms with van der Waals surface area (Å²) in [5.74, 6) is 0.945. The molecule has 4 nitrogen and oxygen atoms in total. The van der Waals surface area contributed by atoms with Crippen molar-refractivity contribution in [2.24, 2.45) is 0 Å². The van der Waals surface area contributed by atoms with E-state index in [1.807, 2.05) is 12.1 Å². The molecule has 1 aliphatic rings. The van der Waals surface area contributed by atoms with E-state index in [9.17, 15) is 4.39 Å². The van der Waals surface area contributed by atoms with Gasteiger partial charge in [0, 0.05) is 22.4 Å². The average Bonchev–Trinajstić information content (AvgIpc) is 3.42. The van der Waals surface area contributed by atoms with Gasteiger partial charge in [-0.2, -0.15) is 4.98 Å². The molecule has 3 aromatic rings. The van der Waals surface area contributed by atoms with E-state index in [0.717, 1.165) is 15.8 Å². The largest absolute Gasteiger partial charge is 0.488 e. The van der Waals surface area contributed by atoms with E-state index in [-0.39, 0.29) is 5.82 Å². The first-order valence-corrected chi connectivity index (χ1v) is 8.98. The number of methoxy groups -OCH3 is 1. The van der Waals surface area contributed by atoms with Crippen molar-refractivity contribution in [3.05, 3.63) is 54.0 Å². The van der Waals surface area contributed by atoms with Crippen molar-refractivity contribution in [3.8, 4) is 11.6 Å². The average molecular weight is 356 g/mol. The Balaban J connectivity index is 1.54. The maximum Gasteiger partial charge on any atom is 0.215 e. The van der Waals surface area contributed by atoms with Crippen LogP contribution in [0.15, 0.2) is 47.5 Å². The van der Waals surface area contributed by atoms with Gasteiger partial charge >= 0.3 is 0 Å². The van der Waals surface area contributed by atoms with Gasteiger partial charge in [0.1, 0.15) is 18.2 Å². The number of hydrogen-bond donors (Lipinski definition) is 0. The van der Waals surface area contributed by atoms with E-state index in [1.165, 1.54) is 18.9 Å². The molecule has 0 N–H and O–H groups in total. The first-order chi connectivity index (χ1) is 12.2. The van der Waals surface area contributed by atoms with Gasteiger partial charge in [0.05, 0.1) is 12.5 Å². The smallest absolute Gasteiger partial charge is 0.215 e. The number of ether oxygens (including phenoxy) is 2. The molecule has 1 aliphatic carbocycles. The van der Waals surface area contributed by atoms with Crippen LogP contribution in [0.3, 0.4) is 0 Å². The lowest BCUT2D eigenvalue weighted by Gasteiger charge is -2.10. The lowest BCUT2D eigenvalue weighted by Crippen LogP contribution is -1.99. The molecule has 2 heterocycles. The molecule has 0 unspecified atom stereocenters. The lowest BCUT2D eigenvalue weighted by molar-refractivity contribution is 0.308. The summed E-state index contributed by atoms with van der Waals surface area (Å²) in [6, 6.07) is 10.5. The number of nitrogens with zero attached hydrogens (tertiary/aromatic N) is 2. The first-order valence-electron chi connectivity index (χ1n) is 8.10. The molecule has 0 atom stereocenters. The van der Waals surface area contributed by atoms with Gasteiger partial charge in [-0.25, -0.2) is 9.37 Å². The molecule has 128 valence electrons. The Labute approximate surface area is 149 Å². The van der Waals surface area contributed by atoms with Gasteiger partial charge in [-0.3, -0.25) is 0 Å². The van der Waals surface area contributed by atoms with Gasteiger partial charge < -0.3 is 9.47 Å². The summed E-state index contributed by atoms with van der Waals surface area (Å²) in [6.07, 6.45) is 4.07. The first kappa shape index (κ1) is 16.1. The molecule has 1 aromatic carbocycles. The van der Waals surface area contributed by atoms with Gasteiger partial charge in [0.2, 0.25) is 5.88 Å². The SMILES string of the molecule is COc1ccc2c(OCc3cc(F)cc(SC4CC4)c3)ccnc2n1. The molecule has 1 fully saturated rings. The van der Waals surface area contributed by atoms with E-state index in [4.69, 9.17) is 9.47 Å². The topological polar surface area (TPSA) is 44.2 Å². The summed E-state index contributed by atoms with van der Waals surface area (Å²) < 4.78 is 24.9. The minimum Gasteiger partial charge on any atom is -0.488 e. The summed E-state index contributed by atoms with van der Waals surface area (Å²) in [7, 11) is 1.57. The summed E-state index contributed by atoms with van der Waals surface area (Å²) in [5, 5.41) is 1.44. The van der Waals surface area contributed by atoms with Gasteiger partial charge in [-0.1, -0.05) is 0 Å². The number of hydrogen-bond acceptors (Lipinski definition) is 5. The Morgan fingerprint density at radius 2 is 2.08 bits per heavy atom. The zero-order valence-corrected chi connectivity index (χ0v) is 14.6. The second-order valence-electron chi connectivity index (χ2n) is 5.93. The van der Waals surface area contributed by atoms with Crippen molar-refractivity contribution in [2.45, 2.75) is 29.6 Å². The van der Waals surface area contributed by atoms with Gasteiger partial charge in [-0.05, 0) is 48.7 Å². The predicted octanol–water partition coefficient (Wildman–Crippen LogP) is 4.61. The molecule has 0 spiro atoms. The fourth-order valence-corrected chi connectivity index (χ4v) is 3.69. The van der Waals surface area contributed by atoms with Crippen LogP contribution in [0.2, 0.25) is 0 Å². The van der Waals surface area contributed by atoms with E-state index < -0.39 is 0 Å². The van der Waals surface area contributed by atoms with Gasteiger partial charge in [0.15, 0.2) is 5.65 Å². The molecule has 1 saturated carbocycles. The van der Waals surface area contributed by atoms with Crippen LogP contribution in [0.4, 0.5) is 4.39 Å². The van der Waals surface area contributed by atoms with Crippen LogP contribution >= 0.6 is 11.8 Å². The van der Waals surface area contributed by atoms with Gasteiger partial charge in [-0.15, -0.1) is 11.8 Å². The fraction of sp³-hybridized carbons (Fsp3) is 0.263. The molecular formula is C19H17FN2O2S. The Kier molecular flexibility index (Phi) is 4.44. The summed E-state index contributed by atoms with van der Waals surface area (Å²) in [6.45, 7) is 0.293. The molecule has 6 heteroatoms. The highest BCUT2D eigenvalue weighted by molar-refractivity contribution is 8.00. The van der Waals surface area contributed by atoms with E-state index in [2.05, 4.69) is 9.97 Å². The van der Waals surface area contributed by atoms with Crippen molar-refractivity contribution >= 4 is 22.8 Å². The Morgan fingerprint density at radius 1 is 1.20 bits per heavy atom. The number of benzene rings is 1. The monoisotopic (exact) mass is 356 g/mol. The van der Waals surface area contributed by atoms with Crippen LogP contribution < -0.4 is 9.47 Å². The normalized spacial score (nSPS) is 13.8. The minimum atomic E-state index is -0.227. The molecule has 0 amide bonds. The molecule has 25 heavy (non-hydrogen) atoms. The third-order valence-electron chi connectivity index (χ3n) is 3.90. The molecule has 0 aliphatic heterocycles. The molecular weight excluding hydrogens is 339 g/mol. The summed E-state index contributed by atoms with van der Waals surface area (Å²) >= 11 is 1.74. The highest BCUT2D eigenvalue weighted by Gasteiger charge is 2.22. The maximum absolute atomic E-state index is 13.9. The number of halogens is 1. The number of thioether (sulfide) groups is 1. The third-order valence-corrected chi connectivity index (χ3v) is 5.21. The zero-order chi connectivity index (χ0) is 17.2. The maximum atomic E-state index is 13.9. The highest BCUT2D eigenvalue weighted by atomic mass is 32.2. The van der Waals surface area contributed by atoms with Crippen molar-refractivity contribution < 1.29 is 13.9 Å². The van der Waals surface area contributed by atoms with Gasteiger partial charge in [0.25, 0.3) is 0 Å². The summed E-state index contributed by atoms with van der Waals surface area (Å²) in [4.78, 5) is 9.50. The number of aromatic nitrogens is 2. The summed E-state index contributed by atoms with van der Waals surface area (Å²) in [5.41, 5.74) is 1.37. The second-order valence-corrected chi connectivity index (χ2v) is 7.31. The third kappa shape index (κ3) is 3.85. The zero-order valence-electron chi connectivity index (χ0n) is 13.7. The molecule has 2 aromatic heterocycles. The van der Waals surface area contributed by atoms with E-state index in [1.54, 1.807) is 43.3 Å². The standard InChI is InChI=1S/C19H17FN2O2S/c1-23-18-5-4-16-17(6-7-21-19(16)22-18)24-11-12-8-13(20)10-15(9-12)25-14-2-3-14/h4-10,14H,2-3,11H2,1H3. The van der Waals surface area contributed by atoms with Crippen molar-refractivity contribution in [1.29, 1.82) is 0 Å². The van der Waals surface area contributed by atoms with E-state index in [0.29, 0.717) is 29.1 Å². The molecule has 0 radical (unpaired) electrons. The van der Waals surface area contributed by atoms with Crippen molar-refractivity contribution in [2.75, 3.05) is 7.11 Å². The fourth-order valence-electron chi connectivity index (χ4n) is 2.54. The Bertz CT molecular complexity index is 915. The van der Waals surface area contributed by atoms with Crippen LogP contribution in [-0.2, 0) is 6.61 Å². The number of rotatable bonds is 6. The van der Waals surface area contributed by atoms with Crippen LogP contribution in [0.1, 0.15) is 18.4 Å². The Morgan fingerprint density at radius 3 is 2.88 bits per heavy atom. The predicted molar refractivity (Wildman–Crippen MR) is 95.7 cm³/mol. The Hall–Kier alpha value is -2.34. The molecule has 4 rings (SSSR count). The molecule has 0 bridgehead atoms. The molecule has 0 saturated heterocycles. The van der Waals surface area contributed by atoms with Crippen molar-refractivity contribution in [1.82, 2.24) is 9.97 Å². The second kappa shape index (κ2) is 6.88. The number of pyridine rings is 2. The lowest BCUT2D eigenvalue weighted by atomic mass is 10.2. The van der Waals surface area contributed by atoms with Crippen LogP contribution in [0, 0.1) is 5.82 Å².